The van der Waals surface area contributed by atoms with Gasteiger partial charge in [-0.25, -0.2) is 4.39 Å². The maximum atomic E-state index is 14.0. The number of halogens is 1. The van der Waals surface area contributed by atoms with Crippen LogP contribution < -0.4 is 5.32 Å². The smallest absolute Gasteiger partial charge is 0.170 e. The summed E-state index contributed by atoms with van der Waals surface area (Å²) in [6.45, 7) is 1.47. The lowest BCUT2D eigenvalue weighted by Crippen LogP contribution is -2.36. The fraction of sp³-hybridized carbons (Fsp3) is 0.556. The van der Waals surface area contributed by atoms with E-state index in [2.05, 4.69) is 5.32 Å². The van der Waals surface area contributed by atoms with Crippen molar-refractivity contribution in [3.8, 4) is 0 Å². The molecule has 1 aliphatic rings. The van der Waals surface area contributed by atoms with Crippen LogP contribution in [0.3, 0.4) is 0 Å². The Labute approximate surface area is 70.8 Å². The molecule has 0 atom stereocenters. The van der Waals surface area contributed by atoms with Gasteiger partial charge in [-0.05, 0) is 25.2 Å². The zero-order valence-corrected chi connectivity index (χ0v) is 6.85. The molecule has 0 unspecified atom stereocenters. The fourth-order valence-corrected chi connectivity index (χ4v) is 1.60. The molecule has 2 nitrogen and oxygen atoms in total. The van der Waals surface area contributed by atoms with Crippen molar-refractivity contribution in [2.45, 2.75) is 18.5 Å². The van der Waals surface area contributed by atoms with Crippen molar-refractivity contribution in [3.63, 3.8) is 0 Å². The minimum atomic E-state index is -1.23. The van der Waals surface area contributed by atoms with Crippen LogP contribution in [0.2, 0.25) is 0 Å². The first-order chi connectivity index (χ1) is 5.81. The first-order valence-electron chi connectivity index (χ1n) is 4.25. The lowest BCUT2D eigenvalue weighted by atomic mass is 9.92. The van der Waals surface area contributed by atoms with E-state index in [9.17, 15) is 4.39 Å². The Hall–Kier alpha value is -0.830. The van der Waals surface area contributed by atoms with Crippen molar-refractivity contribution in [2.24, 2.45) is 0 Å². The zero-order chi connectivity index (χ0) is 8.44. The highest BCUT2D eigenvalue weighted by Crippen LogP contribution is 2.34. The van der Waals surface area contributed by atoms with Gasteiger partial charge in [-0.1, -0.05) is 0 Å². The molecular weight excluding hydrogens is 157 g/mol. The third-order valence-corrected chi connectivity index (χ3v) is 2.36. The predicted octanol–water partition coefficient (Wildman–Crippen LogP) is 1.83. The van der Waals surface area contributed by atoms with Gasteiger partial charge in [-0.2, -0.15) is 0 Å². The Bertz CT molecular complexity index is 239. The van der Waals surface area contributed by atoms with Gasteiger partial charge in [0.05, 0.1) is 6.26 Å². The average Bonchev–Trinajstić information content (AvgIpc) is 2.58. The van der Waals surface area contributed by atoms with E-state index in [0.29, 0.717) is 18.6 Å². The van der Waals surface area contributed by atoms with Crippen molar-refractivity contribution >= 4 is 0 Å². The molecule has 1 N–H and O–H groups in total. The Balaban J connectivity index is 2.19. The minimum absolute atomic E-state index is 0.476. The molecule has 0 amide bonds. The Kier molecular flexibility index (Phi) is 1.89. The molecule has 0 spiro atoms. The second-order valence-corrected chi connectivity index (χ2v) is 3.19. The predicted molar refractivity (Wildman–Crippen MR) is 43.6 cm³/mol. The lowest BCUT2D eigenvalue weighted by molar-refractivity contribution is 0.0868. The number of rotatable bonds is 1. The minimum Gasteiger partial charge on any atom is -0.466 e. The third kappa shape index (κ3) is 1.25. The van der Waals surface area contributed by atoms with Crippen LogP contribution in [-0.4, -0.2) is 13.1 Å². The number of hydrogen-bond donors (Lipinski definition) is 1. The van der Waals surface area contributed by atoms with E-state index in [1.807, 2.05) is 0 Å². The monoisotopic (exact) mass is 169 g/mol. The molecule has 0 aliphatic carbocycles. The van der Waals surface area contributed by atoms with Crippen molar-refractivity contribution < 1.29 is 8.81 Å². The number of nitrogens with one attached hydrogen (secondary N) is 1. The van der Waals surface area contributed by atoms with Gasteiger partial charge >= 0.3 is 0 Å². The van der Waals surface area contributed by atoms with E-state index >= 15 is 0 Å². The van der Waals surface area contributed by atoms with Crippen molar-refractivity contribution in [3.05, 3.63) is 24.2 Å². The lowest BCUT2D eigenvalue weighted by Gasteiger charge is -2.27. The van der Waals surface area contributed by atoms with Crippen LogP contribution in [0.1, 0.15) is 18.6 Å². The number of furan rings is 1. The molecule has 1 aliphatic heterocycles. The molecule has 0 aromatic carbocycles. The molecule has 0 saturated carbocycles. The van der Waals surface area contributed by atoms with E-state index in [1.54, 1.807) is 12.1 Å². The highest BCUT2D eigenvalue weighted by molar-refractivity contribution is 5.10. The molecule has 2 rings (SSSR count). The van der Waals surface area contributed by atoms with E-state index in [0.717, 1.165) is 13.1 Å². The van der Waals surface area contributed by atoms with Crippen LogP contribution in [0.15, 0.2) is 22.8 Å². The second kappa shape index (κ2) is 2.90. The van der Waals surface area contributed by atoms with Gasteiger partial charge in [0.25, 0.3) is 0 Å². The summed E-state index contributed by atoms with van der Waals surface area (Å²) in [6, 6.07) is 3.45. The summed E-state index contributed by atoms with van der Waals surface area (Å²) < 4.78 is 19.1. The van der Waals surface area contributed by atoms with E-state index in [1.165, 1.54) is 6.26 Å². The highest BCUT2D eigenvalue weighted by atomic mass is 19.1. The van der Waals surface area contributed by atoms with Gasteiger partial charge in [0, 0.05) is 12.8 Å². The largest absolute Gasteiger partial charge is 0.466 e. The van der Waals surface area contributed by atoms with Crippen LogP contribution in [0.4, 0.5) is 4.39 Å². The van der Waals surface area contributed by atoms with Crippen LogP contribution in [0, 0.1) is 0 Å². The van der Waals surface area contributed by atoms with Gasteiger partial charge < -0.3 is 9.73 Å². The third-order valence-electron chi connectivity index (χ3n) is 2.36. The first-order valence-corrected chi connectivity index (χ1v) is 4.25. The van der Waals surface area contributed by atoms with Crippen LogP contribution >= 0.6 is 0 Å². The number of piperidine rings is 1. The van der Waals surface area contributed by atoms with E-state index in [4.69, 9.17) is 4.42 Å². The number of alkyl halides is 1. The normalized spacial score (nSPS) is 22.4. The van der Waals surface area contributed by atoms with Crippen LogP contribution in [0.5, 0.6) is 0 Å². The Morgan fingerprint density at radius 1 is 1.42 bits per heavy atom. The molecule has 3 heteroatoms. The van der Waals surface area contributed by atoms with E-state index < -0.39 is 5.67 Å². The zero-order valence-electron chi connectivity index (χ0n) is 6.85. The van der Waals surface area contributed by atoms with Crippen LogP contribution in [0.25, 0.3) is 0 Å². The molecule has 66 valence electrons. The summed E-state index contributed by atoms with van der Waals surface area (Å²) in [7, 11) is 0. The van der Waals surface area contributed by atoms with Gasteiger partial charge in [0.1, 0.15) is 5.76 Å². The highest BCUT2D eigenvalue weighted by Gasteiger charge is 2.36. The molecule has 2 heterocycles. The summed E-state index contributed by atoms with van der Waals surface area (Å²) in [6.07, 6.45) is 2.56. The first kappa shape index (κ1) is 7.80. The van der Waals surface area contributed by atoms with Crippen molar-refractivity contribution in [1.82, 2.24) is 5.32 Å². The Morgan fingerprint density at radius 3 is 2.75 bits per heavy atom. The maximum absolute atomic E-state index is 14.0. The average molecular weight is 169 g/mol. The molecule has 1 saturated heterocycles. The molecule has 1 fully saturated rings. The van der Waals surface area contributed by atoms with Crippen molar-refractivity contribution in [2.75, 3.05) is 13.1 Å². The van der Waals surface area contributed by atoms with Crippen LogP contribution in [-0.2, 0) is 5.67 Å². The number of hydrogen-bond acceptors (Lipinski definition) is 2. The second-order valence-electron chi connectivity index (χ2n) is 3.19. The standard InChI is InChI=1S/C9H12FNO/c10-9(3-5-11-6-4-9)8-2-1-7-12-8/h1-2,7,11H,3-6H2. The topological polar surface area (TPSA) is 25.2 Å². The summed E-state index contributed by atoms with van der Waals surface area (Å²) in [4.78, 5) is 0. The summed E-state index contributed by atoms with van der Waals surface area (Å²) in [5.41, 5.74) is -1.23. The van der Waals surface area contributed by atoms with E-state index in [-0.39, 0.29) is 0 Å². The fourth-order valence-electron chi connectivity index (χ4n) is 1.60. The summed E-state index contributed by atoms with van der Waals surface area (Å²) in [5, 5.41) is 3.12. The Morgan fingerprint density at radius 2 is 2.17 bits per heavy atom. The molecule has 12 heavy (non-hydrogen) atoms. The molecular formula is C9H12FNO. The molecule has 0 radical (unpaired) electrons. The van der Waals surface area contributed by atoms with Gasteiger partial charge in [0.2, 0.25) is 0 Å². The van der Waals surface area contributed by atoms with Gasteiger partial charge in [-0.15, -0.1) is 0 Å². The quantitative estimate of drug-likeness (QED) is 0.693. The molecule has 0 bridgehead atoms. The summed E-state index contributed by atoms with van der Waals surface area (Å²) >= 11 is 0. The SMILES string of the molecule is FC1(c2ccco2)CCNCC1. The van der Waals surface area contributed by atoms with Gasteiger partial charge in [0.15, 0.2) is 5.67 Å². The summed E-state index contributed by atoms with van der Waals surface area (Å²) in [5.74, 6) is 0.476. The molecule has 1 aromatic rings. The van der Waals surface area contributed by atoms with Gasteiger partial charge in [-0.3, -0.25) is 0 Å². The molecule has 1 aromatic heterocycles. The van der Waals surface area contributed by atoms with Crippen molar-refractivity contribution in [1.29, 1.82) is 0 Å². The maximum Gasteiger partial charge on any atom is 0.170 e.